The highest BCUT2D eigenvalue weighted by molar-refractivity contribution is 5.81. The molecule has 3 aromatic rings. The number of hydrogen-bond donors (Lipinski definition) is 1. The van der Waals surface area contributed by atoms with Crippen LogP contribution >= 0.6 is 0 Å². The molecule has 0 aliphatic rings. The van der Waals surface area contributed by atoms with Crippen LogP contribution in [0, 0.1) is 0 Å². The number of phenolic OH excluding ortho intramolecular Hbond substituents is 1. The summed E-state index contributed by atoms with van der Waals surface area (Å²) in [6.45, 7) is 0. The van der Waals surface area contributed by atoms with Gasteiger partial charge in [0.15, 0.2) is 0 Å². The molecule has 0 aliphatic carbocycles. The van der Waals surface area contributed by atoms with E-state index in [0.29, 0.717) is 0 Å². The van der Waals surface area contributed by atoms with Gasteiger partial charge in [0.05, 0.1) is 24.7 Å². The number of benzene rings is 2. The molecule has 1 heterocycles. The molecule has 0 amide bonds. The molecule has 0 atom stereocenters. The average Bonchev–Trinajstić information content (AvgIpc) is 3.02. The molecule has 0 unspecified atom stereocenters. The minimum Gasteiger partial charge on any atom is -0.508 e. The number of hydrogen-bond acceptors (Lipinski definition) is 3. The minimum atomic E-state index is 0.252. The number of ether oxygens (including phenoxy) is 1. The van der Waals surface area contributed by atoms with Gasteiger partial charge < -0.3 is 14.4 Å². The summed E-state index contributed by atoms with van der Waals surface area (Å²) in [5.74, 6) is 1.03. The van der Waals surface area contributed by atoms with Gasteiger partial charge in [-0.25, -0.2) is 0 Å². The highest BCUT2D eigenvalue weighted by Gasteiger charge is 2.01. The van der Waals surface area contributed by atoms with Crippen LogP contribution in [0.1, 0.15) is 5.69 Å². The van der Waals surface area contributed by atoms with Gasteiger partial charge in [0.25, 0.3) is 0 Å². The molecule has 2 aromatic carbocycles. The molecule has 1 aromatic heterocycles. The van der Waals surface area contributed by atoms with Crippen molar-refractivity contribution >= 4 is 11.9 Å². The molecule has 22 heavy (non-hydrogen) atoms. The largest absolute Gasteiger partial charge is 0.508 e. The van der Waals surface area contributed by atoms with Crippen molar-refractivity contribution < 1.29 is 9.84 Å². The van der Waals surface area contributed by atoms with Gasteiger partial charge in [0.2, 0.25) is 0 Å². The summed E-state index contributed by atoms with van der Waals surface area (Å²) in [6, 6.07) is 18.6. The van der Waals surface area contributed by atoms with Gasteiger partial charge in [0.1, 0.15) is 11.5 Å². The molecule has 0 aliphatic heterocycles. The predicted octanol–water partition coefficient (Wildman–Crippen LogP) is 3.94. The fourth-order valence-electron chi connectivity index (χ4n) is 2.18. The molecular formula is C18H16N2O2. The zero-order chi connectivity index (χ0) is 15.4. The minimum absolute atomic E-state index is 0.252. The normalized spacial score (nSPS) is 11.0. The van der Waals surface area contributed by atoms with Gasteiger partial charge in [-0.2, -0.15) is 0 Å². The molecular weight excluding hydrogens is 276 g/mol. The second kappa shape index (κ2) is 6.18. The van der Waals surface area contributed by atoms with Crippen LogP contribution in [0.25, 0.3) is 5.69 Å². The Bertz CT molecular complexity index is 789. The molecule has 110 valence electrons. The Morgan fingerprint density at radius 2 is 1.86 bits per heavy atom. The molecule has 0 fully saturated rings. The Hall–Kier alpha value is -3.01. The molecule has 0 spiro atoms. The van der Waals surface area contributed by atoms with Crippen molar-refractivity contribution in [1.29, 1.82) is 0 Å². The number of rotatable bonds is 4. The summed E-state index contributed by atoms with van der Waals surface area (Å²) in [5, 5.41) is 9.38. The molecule has 3 rings (SSSR count). The number of aliphatic imine (C=N–C) groups is 1. The van der Waals surface area contributed by atoms with E-state index in [-0.39, 0.29) is 5.75 Å². The maximum Gasteiger partial charge on any atom is 0.121 e. The van der Waals surface area contributed by atoms with E-state index < -0.39 is 0 Å². The summed E-state index contributed by atoms with van der Waals surface area (Å²) in [5.41, 5.74) is 2.75. The summed E-state index contributed by atoms with van der Waals surface area (Å²) >= 11 is 0. The summed E-state index contributed by atoms with van der Waals surface area (Å²) < 4.78 is 7.20. The van der Waals surface area contributed by atoms with Crippen LogP contribution in [0.3, 0.4) is 0 Å². The quantitative estimate of drug-likeness (QED) is 0.740. The zero-order valence-electron chi connectivity index (χ0n) is 12.2. The van der Waals surface area contributed by atoms with Crippen LogP contribution in [0.5, 0.6) is 11.5 Å². The summed E-state index contributed by atoms with van der Waals surface area (Å²) in [4.78, 5) is 4.49. The lowest BCUT2D eigenvalue weighted by atomic mass is 10.3. The highest BCUT2D eigenvalue weighted by atomic mass is 16.5. The number of aromatic hydroxyl groups is 1. The van der Waals surface area contributed by atoms with Crippen molar-refractivity contribution in [2.75, 3.05) is 7.11 Å². The van der Waals surface area contributed by atoms with Gasteiger partial charge in [0, 0.05) is 18.0 Å². The molecule has 0 bridgehead atoms. The Morgan fingerprint density at radius 1 is 1.05 bits per heavy atom. The Labute approximate surface area is 128 Å². The first-order chi connectivity index (χ1) is 10.8. The lowest BCUT2D eigenvalue weighted by molar-refractivity contribution is 0.415. The van der Waals surface area contributed by atoms with Crippen LogP contribution in [0.2, 0.25) is 0 Å². The van der Waals surface area contributed by atoms with E-state index >= 15 is 0 Å². The monoisotopic (exact) mass is 292 g/mol. The standard InChI is InChI=1S/C18H16N2O2/c1-22-18-6-2-4-14(12-18)19-13-16-5-3-11-20(16)15-7-9-17(21)10-8-15/h2-13,21H,1H3. The lowest BCUT2D eigenvalue weighted by Gasteiger charge is -2.06. The number of methoxy groups -OCH3 is 1. The number of nitrogens with zero attached hydrogens (tertiary/aromatic N) is 2. The van der Waals surface area contributed by atoms with Gasteiger partial charge in [-0.3, -0.25) is 4.99 Å². The lowest BCUT2D eigenvalue weighted by Crippen LogP contribution is -1.97. The first-order valence-electron chi connectivity index (χ1n) is 6.91. The number of aromatic nitrogens is 1. The maximum atomic E-state index is 9.38. The summed E-state index contributed by atoms with van der Waals surface area (Å²) in [6.07, 6.45) is 3.76. The summed E-state index contributed by atoms with van der Waals surface area (Å²) in [7, 11) is 1.64. The Kier molecular flexibility index (Phi) is 3.92. The second-order valence-corrected chi connectivity index (χ2v) is 4.78. The second-order valence-electron chi connectivity index (χ2n) is 4.78. The fourth-order valence-corrected chi connectivity index (χ4v) is 2.18. The molecule has 0 saturated carbocycles. The molecule has 1 N–H and O–H groups in total. The Balaban J connectivity index is 1.88. The van der Waals surface area contributed by atoms with Crippen molar-refractivity contribution in [2.45, 2.75) is 0 Å². The van der Waals surface area contributed by atoms with E-state index in [9.17, 15) is 5.11 Å². The third-order valence-corrected chi connectivity index (χ3v) is 3.31. The van der Waals surface area contributed by atoms with E-state index in [2.05, 4.69) is 4.99 Å². The van der Waals surface area contributed by atoms with Crippen LogP contribution in [0.15, 0.2) is 71.9 Å². The smallest absolute Gasteiger partial charge is 0.121 e. The zero-order valence-corrected chi connectivity index (χ0v) is 12.2. The topological polar surface area (TPSA) is 46.8 Å². The van der Waals surface area contributed by atoms with Crippen LogP contribution in [0.4, 0.5) is 5.69 Å². The van der Waals surface area contributed by atoms with Gasteiger partial charge in [-0.05, 0) is 48.5 Å². The van der Waals surface area contributed by atoms with Crippen LogP contribution in [-0.4, -0.2) is 23.0 Å². The van der Waals surface area contributed by atoms with Crippen molar-refractivity contribution in [3.05, 3.63) is 72.6 Å². The molecule has 4 nitrogen and oxygen atoms in total. The highest BCUT2D eigenvalue weighted by Crippen LogP contribution is 2.20. The maximum absolute atomic E-state index is 9.38. The van der Waals surface area contributed by atoms with Crippen LogP contribution < -0.4 is 4.74 Å². The van der Waals surface area contributed by atoms with E-state index in [1.165, 1.54) is 0 Å². The van der Waals surface area contributed by atoms with Crippen molar-refractivity contribution in [1.82, 2.24) is 4.57 Å². The molecule has 0 radical (unpaired) electrons. The molecule has 0 saturated heterocycles. The van der Waals surface area contributed by atoms with Gasteiger partial charge >= 0.3 is 0 Å². The first kappa shape index (κ1) is 13.9. The fraction of sp³-hybridized carbons (Fsp3) is 0.0556. The van der Waals surface area contributed by atoms with Gasteiger partial charge in [-0.15, -0.1) is 0 Å². The van der Waals surface area contributed by atoms with Crippen molar-refractivity contribution in [2.24, 2.45) is 4.99 Å². The van der Waals surface area contributed by atoms with Crippen LogP contribution in [-0.2, 0) is 0 Å². The van der Waals surface area contributed by atoms with Gasteiger partial charge in [-0.1, -0.05) is 6.07 Å². The van der Waals surface area contributed by atoms with E-state index in [4.69, 9.17) is 4.74 Å². The third-order valence-electron chi connectivity index (χ3n) is 3.31. The SMILES string of the molecule is COc1cccc(N=Cc2cccn2-c2ccc(O)cc2)c1. The van der Waals surface area contributed by atoms with E-state index in [1.54, 1.807) is 19.2 Å². The van der Waals surface area contributed by atoms with Crippen molar-refractivity contribution in [3.8, 4) is 17.2 Å². The average molecular weight is 292 g/mol. The molecule has 4 heteroatoms. The van der Waals surface area contributed by atoms with Crippen molar-refractivity contribution in [3.63, 3.8) is 0 Å². The van der Waals surface area contributed by atoms with E-state index in [1.807, 2.05) is 65.5 Å². The number of phenols is 1. The first-order valence-corrected chi connectivity index (χ1v) is 6.91. The third kappa shape index (κ3) is 3.01. The predicted molar refractivity (Wildman–Crippen MR) is 87.7 cm³/mol. The van der Waals surface area contributed by atoms with E-state index in [0.717, 1.165) is 22.8 Å². The Morgan fingerprint density at radius 3 is 2.64 bits per heavy atom.